The van der Waals surface area contributed by atoms with Crippen molar-refractivity contribution in [3.63, 3.8) is 0 Å². The van der Waals surface area contributed by atoms with Crippen LogP contribution in [0.25, 0.3) is 22.4 Å². The lowest BCUT2D eigenvalue weighted by molar-refractivity contribution is 0.0734. The van der Waals surface area contributed by atoms with Gasteiger partial charge in [-0.2, -0.15) is 0 Å². The number of ether oxygens (including phenoxy) is 1. The summed E-state index contributed by atoms with van der Waals surface area (Å²) in [6, 6.07) is 14.8. The Morgan fingerprint density at radius 2 is 1.81 bits per heavy atom. The van der Waals surface area contributed by atoms with Crippen molar-refractivity contribution >= 4 is 17.1 Å². The first-order chi connectivity index (χ1) is 12.7. The van der Waals surface area contributed by atoms with Gasteiger partial charge >= 0.3 is 5.97 Å². The zero-order valence-corrected chi connectivity index (χ0v) is 13.5. The Labute approximate surface area is 147 Å². The summed E-state index contributed by atoms with van der Waals surface area (Å²) in [7, 11) is 0. The van der Waals surface area contributed by atoms with E-state index in [9.17, 15) is 9.59 Å². The Bertz CT molecular complexity index is 1140. The molecule has 0 fully saturated rings. The van der Waals surface area contributed by atoms with Crippen molar-refractivity contribution in [3.8, 4) is 17.1 Å². The van der Waals surface area contributed by atoms with Crippen LogP contribution in [0.5, 0.6) is 5.75 Å². The van der Waals surface area contributed by atoms with Crippen molar-refractivity contribution in [3.05, 3.63) is 89.0 Å². The molecule has 26 heavy (non-hydrogen) atoms. The number of carbonyl (C=O) groups excluding carboxylic acids is 1. The van der Waals surface area contributed by atoms with Crippen LogP contribution in [0.1, 0.15) is 10.4 Å². The fourth-order valence-electron chi connectivity index (χ4n) is 2.47. The average Bonchev–Trinajstić information content (AvgIpc) is 2.69. The van der Waals surface area contributed by atoms with Gasteiger partial charge < -0.3 is 9.15 Å². The molecule has 4 rings (SSSR count). The van der Waals surface area contributed by atoms with Gasteiger partial charge in [0.05, 0.1) is 5.56 Å². The van der Waals surface area contributed by atoms with Crippen LogP contribution in [0.4, 0.5) is 0 Å². The third-order valence-corrected chi connectivity index (χ3v) is 3.73. The summed E-state index contributed by atoms with van der Waals surface area (Å²) in [4.78, 5) is 32.1. The molecule has 0 amide bonds. The van der Waals surface area contributed by atoms with E-state index in [1.165, 1.54) is 12.3 Å². The number of esters is 1. The molecule has 0 aliphatic heterocycles. The van der Waals surface area contributed by atoms with Gasteiger partial charge in [0.25, 0.3) is 0 Å². The Morgan fingerprint density at radius 1 is 1.00 bits per heavy atom. The highest BCUT2D eigenvalue weighted by Gasteiger charge is 2.10. The quantitative estimate of drug-likeness (QED) is 0.418. The minimum absolute atomic E-state index is 0.214. The first kappa shape index (κ1) is 15.7. The van der Waals surface area contributed by atoms with Crippen molar-refractivity contribution in [1.82, 2.24) is 9.97 Å². The van der Waals surface area contributed by atoms with E-state index in [-0.39, 0.29) is 5.43 Å². The Hall–Kier alpha value is -3.80. The summed E-state index contributed by atoms with van der Waals surface area (Å²) < 4.78 is 11.0. The highest BCUT2D eigenvalue weighted by Crippen LogP contribution is 2.24. The highest BCUT2D eigenvalue weighted by molar-refractivity contribution is 5.90. The normalized spacial score (nSPS) is 10.6. The fourth-order valence-corrected chi connectivity index (χ4v) is 2.47. The summed E-state index contributed by atoms with van der Waals surface area (Å²) in [6.45, 7) is 0. The molecule has 0 unspecified atom stereocenters. The number of rotatable bonds is 3. The van der Waals surface area contributed by atoms with E-state index >= 15 is 0 Å². The molecule has 4 aromatic rings. The molecule has 0 spiro atoms. The molecule has 3 aromatic heterocycles. The SMILES string of the molecule is O=C(Oc1ccc(-c2cc(=O)c3ncccc3o2)cc1)c1cccnc1. The van der Waals surface area contributed by atoms with E-state index in [1.54, 1.807) is 60.9 Å². The van der Waals surface area contributed by atoms with Gasteiger partial charge in [-0.05, 0) is 48.5 Å². The highest BCUT2D eigenvalue weighted by atomic mass is 16.5. The van der Waals surface area contributed by atoms with Crippen LogP contribution in [0, 0.1) is 0 Å². The number of carbonyl (C=O) groups is 1. The topological polar surface area (TPSA) is 82.3 Å². The second-order valence-corrected chi connectivity index (χ2v) is 5.48. The molecule has 3 heterocycles. The minimum atomic E-state index is -0.492. The van der Waals surface area contributed by atoms with E-state index in [1.807, 2.05) is 0 Å². The zero-order chi connectivity index (χ0) is 17.9. The molecule has 126 valence electrons. The zero-order valence-electron chi connectivity index (χ0n) is 13.5. The number of aromatic nitrogens is 2. The van der Waals surface area contributed by atoms with Crippen LogP contribution in [0.3, 0.4) is 0 Å². The molecule has 0 aliphatic rings. The monoisotopic (exact) mass is 344 g/mol. The summed E-state index contributed by atoms with van der Waals surface area (Å²) in [6.07, 6.45) is 4.57. The van der Waals surface area contributed by atoms with Crippen molar-refractivity contribution in [2.24, 2.45) is 0 Å². The Kier molecular flexibility index (Phi) is 3.99. The summed E-state index contributed by atoms with van der Waals surface area (Å²) in [5.41, 5.74) is 1.55. The van der Waals surface area contributed by atoms with Crippen molar-refractivity contribution in [2.45, 2.75) is 0 Å². The Balaban J connectivity index is 1.60. The molecule has 0 radical (unpaired) electrons. The lowest BCUT2D eigenvalue weighted by Crippen LogP contribution is -2.08. The number of hydrogen-bond acceptors (Lipinski definition) is 6. The van der Waals surface area contributed by atoms with E-state index < -0.39 is 5.97 Å². The van der Waals surface area contributed by atoms with Crippen molar-refractivity contribution < 1.29 is 13.9 Å². The van der Waals surface area contributed by atoms with Gasteiger partial charge in [0.15, 0.2) is 11.1 Å². The maximum Gasteiger partial charge on any atom is 0.345 e. The molecule has 0 saturated heterocycles. The maximum atomic E-state index is 12.1. The molecule has 1 aromatic carbocycles. The van der Waals surface area contributed by atoms with Gasteiger partial charge in [-0.1, -0.05) is 0 Å². The molecule has 0 atom stereocenters. The van der Waals surface area contributed by atoms with E-state index in [4.69, 9.17) is 9.15 Å². The Morgan fingerprint density at radius 3 is 2.58 bits per heavy atom. The number of pyridine rings is 2. The van der Waals surface area contributed by atoms with Crippen molar-refractivity contribution in [2.75, 3.05) is 0 Å². The van der Waals surface area contributed by atoms with Gasteiger partial charge in [0.1, 0.15) is 11.5 Å². The van der Waals surface area contributed by atoms with Gasteiger partial charge in [0.2, 0.25) is 5.43 Å². The predicted molar refractivity (Wildman–Crippen MR) is 94.9 cm³/mol. The fraction of sp³-hybridized carbons (Fsp3) is 0. The number of fused-ring (bicyclic) bond motifs is 1. The predicted octanol–water partition coefficient (Wildman–Crippen LogP) is 3.47. The lowest BCUT2D eigenvalue weighted by atomic mass is 10.1. The molecule has 0 saturated carbocycles. The average molecular weight is 344 g/mol. The van der Waals surface area contributed by atoms with Crippen molar-refractivity contribution in [1.29, 1.82) is 0 Å². The maximum absolute atomic E-state index is 12.1. The molecule has 6 heteroatoms. The summed E-state index contributed by atoms with van der Waals surface area (Å²) >= 11 is 0. The molecule has 0 bridgehead atoms. The van der Waals surface area contributed by atoms with Crippen LogP contribution < -0.4 is 10.2 Å². The van der Waals surface area contributed by atoms with Gasteiger partial charge in [0, 0.05) is 30.2 Å². The largest absolute Gasteiger partial charge is 0.454 e. The first-order valence-corrected chi connectivity index (χ1v) is 7.82. The van der Waals surface area contributed by atoms with E-state index in [0.717, 1.165) is 0 Å². The van der Waals surface area contributed by atoms with E-state index in [0.29, 0.717) is 33.7 Å². The summed E-state index contributed by atoms with van der Waals surface area (Å²) in [5.74, 6) is 0.308. The van der Waals surface area contributed by atoms with Crippen LogP contribution in [-0.4, -0.2) is 15.9 Å². The number of nitrogens with zero attached hydrogens (tertiary/aromatic N) is 2. The smallest absolute Gasteiger partial charge is 0.345 e. The van der Waals surface area contributed by atoms with E-state index in [2.05, 4.69) is 9.97 Å². The van der Waals surface area contributed by atoms with Crippen LogP contribution >= 0.6 is 0 Å². The van der Waals surface area contributed by atoms with Crippen LogP contribution in [0.15, 0.2) is 82.4 Å². The molecule has 6 nitrogen and oxygen atoms in total. The summed E-state index contributed by atoms with van der Waals surface area (Å²) in [5, 5.41) is 0. The molecular formula is C20H12N2O4. The number of benzene rings is 1. The molecular weight excluding hydrogens is 332 g/mol. The molecule has 0 aliphatic carbocycles. The standard InChI is InChI=1S/C20H12N2O4/c23-16-11-18(26-17-4-2-10-22-19(16)17)13-5-7-15(8-6-13)25-20(24)14-3-1-9-21-12-14/h1-12H. The lowest BCUT2D eigenvalue weighted by Gasteiger charge is -2.06. The third-order valence-electron chi connectivity index (χ3n) is 3.73. The second-order valence-electron chi connectivity index (χ2n) is 5.48. The van der Waals surface area contributed by atoms with Gasteiger partial charge in [-0.15, -0.1) is 0 Å². The van der Waals surface area contributed by atoms with Crippen LogP contribution in [-0.2, 0) is 0 Å². The minimum Gasteiger partial charge on any atom is -0.454 e. The van der Waals surface area contributed by atoms with Gasteiger partial charge in [-0.3, -0.25) is 9.78 Å². The first-order valence-electron chi connectivity index (χ1n) is 7.82. The third kappa shape index (κ3) is 3.08. The number of hydrogen-bond donors (Lipinski definition) is 0. The van der Waals surface area contributed by atoms with Gasteiger partial charge in [-0.25, -0.2) is 9.78 Å². The molecule has 0 N–H and O–H groups in total. The van der Waals surface area contributed by atoms with Crippen LogP contribution in [0.2, 0.25) is 0 Å². The second kappa shape index (κ2) is 6.60.